The van der Waals surface area contributed by atoms with Crippen LogP contribution >= 0.6 is 0 Å². The number of nitro benzene ring substituents is 1. The highest BCUT2D eigenvalue weighted by atomic mass is 19.1. The van der Waals surface area contributed by atoms with E-state index in [1.165, 1.54) is 20.1 Å². The van der Waals surface area contributed by atoms with Gasteiger partial charge in [-0.05, 0) is 13.0 Å². The molecule has 2 unspecified atom stereocenters. The zero-order valence-electron chi connectivity index (χ0n) is 9.81. The highest BCUT2D eigenvalue weighted by molar-refractivity contribution is 5.48. The Labute approximate surface area is 98.0 Å². The van der Waals surface area contributed by atoms with E-state index in [9.17, 15) is 19.6 Å². The molecule has 0 aliphatic rings. The summed E-state index contributed by atoms with van der Waals surface area (Å²) in [5, 5.41) is 20.3. The summed E-state index contributed by atoms with van der Waals surface area (Å²) < 4.78 is 18.1. The number of rotatable bonds is 4. The van der Waals surface area contributed by atoms with Gasteiger partial charge >= 0.3 is 0 Å². The number of methoxy groups -OCH3 is 1. The maximum Gasteiger partial charge on any atom is 0.276 e. The zero-order valence-corrected chi connectivity index (χ0v) is 9.81. The van der Waals surface area contributed by atoms with Crippen molar-refractivity contribution in [2.24, 2.45) is 0 Å². The smallest absolute Gasteiger partial charge is 0.276 e. The fourth-order valence-electron chi connectivity index (χ4n) is 1.50. The van der Waals surface area contributed by atoms with Crippen molar-refractivity contribution in [2.45, 2.75) is 25.9 Å². The number of hydrogen-bond donors (Lipinski definition) is 1. The third-order valence-corrected chi connectivity index (χ3v) is 2.71. The molecule has 1 aromatic rings. The Hall–Kier alpha value is -1.69. The molecule has 0 aromatic heterocycles. The van der Waals surface area contributed by atoms with Crippen LogP contribution in [-0.2, 0) is 0 Å². The number of halogens is 1. The van der Waals surface area contributed by atoms with E-state index < -0.39 is 22.8 Å². The average molecular weight is 243 g/mol. The van der Waals surface area contributed by atoms with E-state index in [0.717, 1.165) is 6.07 Å². The van der Waals surface area contributed by atoms with Crippen LogP contribution in [0.1, 0.15) is 25.3 Å². The summed E-state index contributed by atoms with van der Waals surface area (Å²) in [4.78, 5) is 10.1. The van der Waals surface area contributed by atoms with Crippen LogP contribution in [-0.4, -0.2) is 23.2 Å². The molecule has 17 heavy (non-hydrogen) atoms. The normalized spacial score (nSPS) is 14.2. The topological polar surface area (TPSA) is 72.6 Å². The summed E-state index contributed by atoms with van der Waals surface area (Å²) >= 11 is 0. The van der Waals surface area contributed by atoms with E-state index in [1.807, 2.05) is 0 Å². The molecule has 0 aliphatic heterocycles. The van der Waals surface area contributed by atoms with Crippen molar-refractivity contribution in [1.82, 2.24) is 0 Å². The number of ether oxygens (including phenoxy) is 1. The monoisotopic (exact) mass is 243 g/mol. The van der Waals surface area contributed by atoms with Gasteiger partial charge in [0.25, 0.3) is 5.69 Å². The van der Waals surface area contributed by atoms with Crippen molar-refractivity contribution in [3.8, 4) is 5.75 Å². The number of benzene rings is 1. The molecule has 1 N–H and O–H groups in total. The minimum absolute atomic E-state index is 0.0712. The first kappa shape index (κ1) is 13.4. The van der Waals surface area contributed by atoms with E-state index in [4.69, 9.17) is 4.74 Å². The SMILES string of the molecule is COc1cc(C(C)C(C)O)c([N+](=O)[O-])cc1F. The number of nitro groups is 1. The maximum absolute atomic E-state index is 13.4. The lowest BCUT2D eigenvalue weighted by Crippen LogP contribution is -2.13. The molecular formula is C11H14FNO4. The Bertz CT molecular complexity index is 434. The average Bonchev–Trinajstić information content (AvgIpc) is 2.27. The van der Waals surface area contributed by atoms with E-state index in [-0.39, 0.29) is 17.0 Å². The molecule has 0 saturated carbocycles. The van der Waals surface area contributed by atoms with Crippen LogP contribution in [0, 0.1) is 15.9 Å². The van der Waals surface area contributed by atoms with Crippen molar-refractivity contribution in [1.29, 1.82) is 0 Å². The summed E-state index contributed by atoms with van der Waals surface area (Å²) in [5.74, 6) is -1.34. The molecule has 0 saturated heterocycles. The molecule has 0 spiro atoms. The van der Waals surface area contributed by atoms with Gasteiger partial charge in [0.05, 0.1) is 24.2 Å². The molecule has 0 radical (unpaired) electrons. The molecule has 0 fully saturated rings. The molecule has 0 bridgehead atoms. The Morgan fingerprint density at radius 2 is 2.06 bits per heavy atom. The summed E-state index contributed by atoms with van der Waals surface area (Å²) in [6.07, 6.45) is -0.774. The molecule has 2 atom stereocenters. The Morgan fingerprint density at radius 1 is 1.47 bits per heavy atom. The van der Waals surface area contributed by atoms with Crippen LogP contribution in [0.15, 0.2) is 12.1 Å². The molecule has 0 heterocycles. The molecular weight excluding hydrogens is 229 g/mol. The molecule has 1 aromatic carbocycles. The van der Waals surface area contributed by atoms with Gasteiger partial charge in [-0.1, -0.05) is 6.92 Å². The van der Waals surface area contributed by atoms with Crippen LogP contribution in [0.3, 0.4) is 0 Å². The van der Waals surface area contributed by atoms with E-state index in [2.05, 4.69) is 0 Å². The van der Waals surface area contributed by atoms with Crippen LogP contribution in [0.4, 0.5) is 10.1 Å². The van der Waals surface area contributed by atoms with Crippen molar-refractivity contribution >= 4 is 5.69 Å². The van der Waals surface area contributed by atoms with E-state index in [0.29, 0.717) is 0 Å². The largest absolute Gasteiger partial charge is 0.494 e. The van der Waals surface area contributed by atoms with E-state index >= 15 is 0 Å². The molecule has 94 valence electrons. The third-order valence-electron chi connectivity index (χ3n) is 2.71. The molecule has 5 nitrogen and oxygen atoms in total. The van der Waals surface area contributed by atoms with Gasteiger partial charge in [-0.25, -0.2) is 4.39 Å². The maximum atomic E-state index is 13.4. The number of hydrogen-bond acceptors (Lipinski definition) is 4. The Morgan fingerprint density at radius 3 is 2.47 bits per heavy atom. The zero-order chi connectivity index (χ0) is 13.2. The van der Waals surface area contributed by atoms with Crippen molar-refractivity contribution in [3.05, 3.63) is 33.6 Å². The predicted octanol–water partition coefficient (Wildman–Crippen LogP) is 2.23. The van der Waals surface area contributed by atoms with Gasteiger partial charge < -0.3 is 9.84 Å². The summed E-state index contributed by atoms with van der Waals surface area (Å²) in [6.45, 7) is 3.15. The summed E-state index contributed by atoms with van der Waals surface area (Å²) in [5.41, 5.74) is -0.0973. The van der Waals surface area contributed by atoms with Crippen LogP contribution < -0.4 is 4.74 Å². The molecule has 0 amide bonds. The standard InChI is InChI=1S/C11H14FNO4/c1-6(7(2)14)8-4-11(17-3)9(12)5-10(8)13(15)16/h4-7,14H,1-3H3. The lowest BCUT2D eigenvalue weighted by molar-refractivity contribution is -0.386. The first-order valence-electron chi connectivity index (χ1n) is 5.08. The molecule has 0 aliphatic carbocycles. The highest BCUT2D eigenvalue weighted by Gasteiger charge is 2.25. The second kappa shape index (κ2) is 5.09. The summed E-state index contributed by atoms with van der Waals surface area (Å²) in [6, 6.07) is 2.07. The highest BCUT2D eigenvalue weighted by Crippen LogP contribution is 2.33. The predicted molar refractivity (Wildman–Crippen MR) is 59.7 cm³/mol. The van der Waals surface area contributed by atoms with Gasteiger partial charge in [0, 0.05) is 11.5 Å². The second-order valence-corrected chi connectivity index (χ2v) is 3.83. The van der Waals surface area contributed by atoms with Gasteiger partial charge in [0.2, 0.25) is 0 Å². The van der Waals surface area contributed by atoms with Crippen LogP contribution in [0.25, 0.3) is 0 Å². The number of aliphatic hydroxyl groups is 1. The van der Waals surface area contributed by atoms with Crippen molar-refractivity contribution < 1.29 is 19.2 Å². The Balaban J connectivity index is 3.38. The van der Waals surface area contributed by atoms with Gasteiger partial charge in [-0.15, -0.1) is 0 Å². The fraction of sp³-hybridized carbons (Fsp3) is 0.455. The number of nitrogens with zero attached hydrogens (tertiary/aromatic N) is 1. The van der Waals surface area contributed by atoms with Gasteiger partial charge in [-0.3, -0.25) is 10.1 Å². The second-order valence-electron chi connectivity index (χ2n) is 3.83. The van der Waals surface area contributed by atoms with E-state index in [1.54, 1.807) is 6.92 Å². The van der Waals surface area contributed by atoms with Crippen LogP contribution in [0.5, 0.6) is 5.75 Å². The Kier molecular flexibility index (Phi) is 4.01. The minimum atomic E-state index is -0.791. The number of aliphatic hydroxyl groups excluding tert-OH is 1. The van der Waals surface area contributed by atoms with Gasteiger partial charge in [0.1, 0.15) is 0 Å². The lowest BCUT2D eigenvalue weighted by atomic mass is 9.94. The van der Waals surface area contributed by atoms with Crippen LogP contribution in [0.2, 0.25) is 0 Å². The van der Waals surface area contributed by atoms with Crippen molar-refractivity contribution in [3.63, 3.8) is 0 Å². The third kappa shape index (κ3) is 2.71. The quantitative estimate of drug-likeness (QED) is 0.650. The lowest BCUT2D eigenvalue weighted by Gasteiger charge is -2.16. The van der Waals surface area contributed by atoms with Gasteiger partial charge in [0.15, 0.2) is 11.6 Å². The van der Waals surface area contributed by atoms with Gasteiger partial charge in [-0.2, -0.15) is 0 Å². The fourth-order valence-corrected chi connectivity index (χ4v) is 1.50. The first-order valence-corrected chi connectivity index (χ1v) is 5.08. The molecule has 6 heteroatoms. The first-order chi connectivity index (χ1) is 7.88. The minimum Gasteiger partial charge on any atom is -0.494 e. The molecule has 1 rings (SSSR count). The van der Waals surface area contributed by atoms with Crippen molar-refractivity contribution in [2.75, 3.05) is 7.11 Å². The summed E-state index contributed by atoms with van der Waals surface area (Å²) in [7, 11) is 1.28.